The van der Waals surface area contributed by atoms with Gasteiger partial charge in [-0.3, -0.25) is 43.9 Å². The van der Waals surface area contributed by atoms with Crippen molar-refractivity contribution in [2.45, 2.75) is 77.0 Å². The molecule has 1 unspecified atom stereocenters. The van der Waals surface area contributed by atoms with Crippen LogP contribution >= 0.6 is 0 Å². The molecule has 2 fully saturated rings. The van der Waals surface area contributed by atoms with E-state index in [2.05, 4.69) is 32.4 Å². The van der Waals surface area contributed by atoms with Gasteiger partial charge >= 0.3 is 0 Å². The minimum absolute atomic E-state index is 0.0602. The summed E-state index contributed by atoms with van der Waals surface area (Å²) in [5.74, 6) is -1.17. The standard InChI is InChI=1S/C44H44N8O6/c1-26(53)50-18-14-38-35(24-50)41(49-52(38)30-15-19-58-20-16-30)31-8-3-6-28-21-37(47-23-33(28)31)29-10-11-36(46-22-29)42(55)45-17-4-7-27-5-2-9-32-34(27)25-51(44(32)57)39-12-13-40(54)48-43(39)56/h2-3,5-6,8-11,21-23,30,39H,4,7,12-20,24-25H2,1H3,(H,45,55)(H,48,54,56). The predicted octanol–water partition coefficient (Wildman–Crippen LogP) is 4.54. The summed E-state index contributed by atoms with van der Waals surface area (Å²) in [5, 5.41) is 12.5. The number of amides is 5. The molecule has 7 heterocycles. The van der Waals surface area contributed by atoms with Gasteiger partial charge in [-0.1, -0.05) is 30.3 Å². The maximum atomic E-state index is 13.2. The summed E-state index contributed by atoms with van der Waals surface area (Å²) < 4.78 is 7.85. The zero-order chi connectivity index (χ0) is 39.9. The van der Waals surface area contributed by atoms with Crippen LogP contribution in [0.15, 0.2) is 67.0 Å². The lowest BCUT2D eigenvalue weighted by Crippen LogP contribution is -2.52. The molecule has 296 valence electrons. The number of carbonyl (C=O) groups is 5. The first kappa shape index (κ1) is 37.3. The van der Waals surface area contributed by atoms with E-state index in [4.69, 9.17) is 14.8 Å². The Bertz CT molecular complexity index is 2470. The molecule has 2 saturated heterocycles. The molecule has 0 saturated carbocycles. The van der Waals surface area contributed by atoms with Gasteiger partial charge in [0.2, 0.25) is 17.7 Å². The average Bonchev–Trinajstić information content (AvgIpc) is 3.80. The summed E-state index contributed by atoms with van der Waals surface area (Å²) >= 11 is 0. The number of hydrogen-bond acceptors (Lipinski definition) is 9. The van der Waals surface area contributed by atoms with Gasteiger partial charge in [0.25, 0.3) is 11.8 Å². The van der Waals surface area contributed by atoms with Crippen LogP contribution < -0.4 is 10.6 Å². The number of fused-ring (bicyclic) bond motifs is 3. The first-order chi connectivity index (χ1) is 28.2. The Kier molecular flexibility index (Phi) is 10.0. The molecule has 5 aromatic rings. The highest BCUT2D eigenvalue weighted by molar-refractivity contribution is 6.05. The van der Waals surface area contributed by atoms with Crippen molar-refractivity contribution in [3.05, 3.63) is 101 Å². The molecule has 4 aliphatic rings. The number of aromatic nitrogens is 4. The van der Waals surface area contributed by atoms with Crippen molar-refractivity contribution in [1.82, 2.24) is 40.2 Å². The molecule has 5 amide bonds. The van der Waals surface area contributed by atoms with Gasteiger partial charge in [-0.25, -0.2) is 0 Å². The highest BCUT2D eigenvalue weighted by Crippen LogP contribution is 2.38. The molecule has 4 aliphatic heterocycles. The smallest absolute Gasteiger partial charge is 0.269 e. The molecule has 2 N–H and O–H groups in total. The lowest BCUT2D eigenvalue weighted by atomic mass is 9.96. The Balaban J connectivity index is 0.859. The maximum absolute atomic E-state index is 13.2. The number of imide groups is 1. The molecule has 14 nitrogen and oxygen atoms in total. The Labute approximate surface area is 335 Å². The van der Waals surface area contributed by atoms with Gasteiger partial charge in [0, 0.05) is 105 Å². The lowest BCUT2D eigenvalue weighted by molar-refractivity contribution is -0.137. The molecule has 0 aliphatic carbocycles. The molecule has 3 aromatic heterocycles. The third kappa shape index (κ3) is 7.01. The number of nitrogens with zero attached hydrogens (tertiary/aromatic N) is 6. The average molecular weight is 781 g/mol. The number of piperidine rings is 1. The van der Waals surface area contributed by atoms with E-state index in [0.29, 0.717) is 69.9 Å². The van der Waals surface area contributed by atoms with Gasteiger partial charge in [0.05, 0.1) is 17.4 Å². The van der Waals surface area contributed by atoms with E-state index >= 15 is 0 Å². The van der Waals surface area contributed by atoms with Crippen molar-refractivity contribution in [2.24, 2.45) is 0 Å². The summed E-state index contributed by atoms with van der Waals surface area (Å²) in [6.07, 6.45) is 7.92. The Morgan fingerprint density at radius 2 is 1.74 bits per heavy atom. The van der Waals surface area contributed by atoms with Gasteiger partial charge in [0.1, 0.15) is 11.7 Å². The molecule has 14 heteroatoms. The number of carbonyl (C=O) groups excluding carboxylic acids is 5. The number of pyridine rings is 2. The normalized spacial score (nSPS) is 18.3. The van der Waals surface area contributed by atoms with E-state index in [1.807, 2.05) is 41.4 Å². The first-order valence-corrected chi connectivity index (χ1v) is 20.1. The van der Waals surface area contributed by atoms with Crippen molar-refractivity contribution < 1.29 is 28.7 Å². The van der Waals surface area contributed by atoms with E-state index < -0.39 is 11.9 Å². The summed E-state index contributed by atoms with van der Waals surface area (Å²) in [6.45, 7) is 4.99. The fourth-order valence-electron chi connectivity index (χ4n) is 8.83. The molecule has 9 rings (SSSR count). The minimum atomic E-state index is -0.662. The van der Waals surface area contributed by atoms with Crippen LogP contribution in [0.3, 0.4) is 0 Å². The second kappa shape index (κ2) is 15.6. The van der Waals surface area contributed by atoms with Crippen molar-refractivity contribution in [2.75, 3.05) is 26.3 Å². The third-order valence-corrected chi connectivity index (χ3v) is 12.0. The summed E-state index contributed by atoms with van der Waals surface area (Å²) in [7, 11) is 0. The molecular formula is C44H44N8O6. The number of hydrogen-bond donors (Lipinski definition) is 2. The van der Waals surface area contributed by atoms with Gasteiger partial charge in [-0.2, -0.15) is 5.10 Å². The number of rotatable bonds is 9. The van der Waals surface area contributed by atoms with Gasteiger partial charge in [-0.15, -0.1) is 0 Å². The fourth-order valence-corrected chi connectivity index (χ4v) is 8.83. The van der Waals surface area contributed by atoms with E-state index in [0.717, 1.165) is 69.2 Å². The van der Waals surface area contributed by atoms with Crippen LogP contribution in [-0.2, 0) is 45.1 Å². The second-order valence-corrected chi connectivity index (χ2v) is 15.5. The largest absolute Gasteiger partial charge is 0.381 e. The molecule has 58 heavy (non-hydrogen) atoms. The number of aryl methyl sites for hydroxylation is 1. The van der Waals surface area contributed by atoms with E-state index in [-0.39, 0.29) is 36.1 Å². The van der Waals surface area contributed by atoms with Crippen molar-refractivity contribution in [3.63, 3.8) is 0 Å². The van der Waals surface area contributed by atoms with E-state index in [1.165, 1.54) is 5.69 Å². The van der Waals surface area contributed by atoms with Crippen LogP contribution in [-0.4, -0.2) is 91.4 Å². The predicted molar refractivity (Wildman–Crippen MR) is 213 cm³/mol. The minimum Gasteiger partial charge on any atom is -0.381 e. The number of nitrogens with one attached hydrogen (secondary N) is 2. The van der Waals surface area contributed by atoms with Crippen LogP contribution in [0.4, 0.5) is 0 Å². The zero-order valence-corrected chi connectivity index (χ0v) is 32.3. The van der Waals surface area contributed by atoms with Crippen LogP contribution in [0.2, 0.25) is 0 Å². The van der Waals surface area contributed by atoms with Crippen molar-refractivity contribution >= 4 is 40.3 Å². The van der Waals surface area contributed by atoms with Gasteiger partial charge < -0.3 is 19.9 Å². The topological polar surface area (TPSA) is 169 Å². The third-order valence-electron chi connectivity index (χ3n) is 12.0. The number of benzene rings is 2. The first-order valence-electron chi connectivity index (χ1n) is 20.1. The molecular weight excluding hydrogens is 737 g/mol. The Hall–Kier alpha value is -6.28. The molecule has 0 spiro atoms. The van der Waals surface area contributed by atoms with Gasteiger partial charge in [-0.05, 0) is 72.9 Å². The van der Waals surface area contributed by atoms with E-state index in [1.54, 1.807) is 30.2 Å². The zero-order valence-electron chi connectivity index (χ0n) is 32.3. The quantitative estimate of drug-likeness (QED) is 0.161. The van der Waals surface area contributed by atoms with Crippen LogP contribution in [0.1, 0.15) is 88.3 Å². The highest BCUT2D eigenvalue weighted by atomic mass is 16.5. The summed E-state index contributed by atoms with van der Waals surface area (Å²) in [4.78, 5) is 75.6. The Morgan fingerprint density at radius 3 is 2.53 bits per heavy atom. The van der Waals surface area contributed by atoms with E-state index in [9.17, 15) is 24.0 Å². The van der Waals surface area contributed by atoms with Gasteiger partial charge in [0.15, 0.2) is 0 Å². The summed E-state index contributed by atoms with van der Waals surface area (Å²) in [5.41, 5.74) is 8.44. The number of ether oxygens (including phenoxy) is 1. The second-order valence-electron chi connectivity index (χ2n) is 15.5. The lowest BCUT2D eigenvalue weighted by Gasteiger charge is -2.29. The van der Waals surface area contributed by atoms with Crippen LogP contribution in [0, 0.1) is 0 Å². The van der Waals surface area contributed by atoms with Crippen LogP contribution in [0.5, 0.6) is 0 Å². The van der Waals surface area contributed by atoms with Crippen molar-refractivity contribution in [3.8, 4) is 22.5 Å². The molecule has 1 atom stereocenters. The highest BCUT2D eigenvalue weighted by Gasteiger charge is 2.39. The molecule has 0 radical (unpaired) electrons. The summed E-state index contributed by atoms with van der Waals surface area (Å²) in [6, 6.07) is 16.9. The SMILES string of the molecule is CC(=O)N1CCc2c(c(-c3cccc4cc(-c5ccc(C(=O)NCCCc6cccc7c6CN(C6CCC(=O)NC6=O)C7=O)nc5)ncc34)nn2C2CCOCC2)C1. The van der Waals surface area contributed by atoms with Crippen LogP contribution in [0.25, 0.3) is 33.3 Å². The molecule has 2 aromatic carbocycles. The fraction of sp³-hybridized carbons (Fsp3) is 0.364. The van der Waals surface area contributed by atoms with Crippen molar-refractivity contribution in [1.29, 1.82) is 0 Å². The monoisotopic (exact) mass is 780 g/mol. The maximum Gasteiger partial charge on any atom is 0.269 e. The Morgan fingerprint density at radius 1 is 0.914 bits per heavy atom. The molecule has 0 bridgehead atoms.